The molecule has 30 heavy (non-hydrogen) atoms. The van der Waals surface area contributed by atoms with Gasteiger partial charge in [-0.25, -0.2) is 9.78 Å². The summed E-state index contributed by atoms with van der Waals surface area (Å²) < 4.78 is 1.21. The predicted octanol–water partition coefficient (Wildman–Crippen LogP) is 2.38. The van der Waals surface area contributed by atoms with Crippen molar-refractivity contribution in [1.29, 1.82) is 0 Å². The van der Waals surface area contributed by atoms with Gasteiger partial charge in [0.2, 0.25) is 5.91 Å². The highest BCUT2D eigenvalue weighted by atomic mass is 16.2. The third-order valence-corrected chi connectivity index (χ3v) is 4.30. The minimum absolute atomic E-state index is 0.106. The van der Waals surface area contributed by atoms with E-state index in [-0.39, 0.29) is 29.2 Å². The van der Waals surface area contributed by atoms with E-state index in [1.165, 1.54) is 23.9 Å². The van der Waals surface area contributed by atoms with Crippen LogP contribution in [-0.2, 0) is 11.3 Å². The van der Waals surface area contributed by atoms with Gasteiger partial charge in [-0.3, -0.25) is 19.0 Å². The number of carbonyl (C=O) groups is 3. The highest BCUT2D eigenvalue weighted by molar-refractivity contribution is 6.02. The fraction of sp³-hybridized carbons (Fsp3) is 0.190. The molecule has 0 aliphatic rings. The SMILES string of the molecule is CCNC(=O)Cn1cnc2ccc(NC(=O)Nc3cccc(C(C)=O)c3)cc2c1=O. The molecule has 0 bridgehead atoms. The standard InChI is InChI=1S/C21H21N5O4/c1-3-22-19(28)11-26-12-23-18-8-7-16(10-17(18)20(26)29)25-21(30)24-15-6-4-5-14(9-15)13(2)27/h4-10,12H,3,11H2,1-2H3,(H,22,28)(H2,24,25,30). The second-order valence-corrected chi connectivity index (χ2v) is 6.58. The summed E-state index contributed by atoms with van der Waals surface area (Å²) in [6.45, 7) is 3.56. The first-order valence-corrected chi connectivity index (χ1v) is 9.32. The second kappa shape index (κ2) is 8.99. The molecular formula is C21H21N5O4. The number of nitrogens with zero attached hydrogens (tertiary/aromatic N) is 2. The second-order valence-electron chi connectivity index (χ2n) is 6.58. The molecule has 0 aliphatic carbocycles. The highest BCUT2D eigenvalue weighted by Crippen LogP contribution is 2.16. The van der Waals surface area contributed by atoms with Gasteiger partial charge in [0.15, 0.2) is 5.78 Å². The monoisotopic (exact) mass is 407 g/mol. The molecule has 9 nitrogen and oxygen atoms in total. The number of aromatic nitrogens is 2. The van der Waals surface area contributed by atoms with Crippen LogP contribution >= 0.6 is 0 Å². The fourth-order valence-corrected chi connectivity index (χ4v) is 2.87. The van der Waals surface area contributed by atoms with Crippen LogP contribution in [0.2, 0.25) is 0 Å². The van der Waals surface area contributed by atoms with Gasteiger partial charge in [-0.2, -0.15) is 0 Å². The lowest BCUT2D eigenvalue weighted by Gasteiger charge is -2.10. The Balaban J connectivity index is 1.79. The minimum Gasteiger partial charge on any atom is -0.355 e. The van der Waals surface area contributed by atoms with Crippen molar-refractivity contribution in [2.45, 2.75) is 20.4 Å². The van der Waals surface area contributed by atoms with E-state index in [4.69, 9.17) is 0 Å². The Morgan fingerprint density at radius 1 is 1.03 bits per heavy atom. The van der Waals surface area contributed by atoms with Crippen molar-refractivity contribution < 1.29 is 14.4 Å². The lowest BCUT2D eigenvalue weighted by atomic mass is 10.1. The number of anilines is 2. The third kappa shape index (κ3) is 4.88. The van der Waals surface area contributed by atoms with Gasteiger partial charge in [-0.05, 0) is 44.2 Å². The van der Waals surface area contributed by atoms with Gasteiger partial charge in [-0.15, -0.1) is 0 Å². The normalized spacial score (nSPS) is 10.5. The van der Waals surface area contributed by atoms with E-state index in [9.17, 15) is 19.2 Å². The highest BCUT2D eigenvalue weighted by Gasteiger charge is 2.10. The maximum absolute atomic E-state index is 12.7. The molecule has 154 valence electrons. The molecule has 3 N–H and O–H groups in total. The summed E-state index contributed by atoms with van der Waals surface area (Å²) >= 11 is 0. The van der Waals surface area contributed by atoms with E-state index in [0.29, 0.717) is 29.0 Å². The molecule has 0 aliphatic heterocycles. The quantitative estimate of drug-likeness (QED) is 0.542. The molecule has 0 atom stereocenters. The number of Topliss-reactive ketones (excluding diaryl/α,β-unsaturated/α-hetero) is 1. The Kier molecular flexibility index (Phi) is 6.21. The average Bonchev–Trinajstić information content (AvgIpc) is 2.71. The van der Waals surface area contributed by atoms with Crippen LogP contribution in [0.25, 0.3) is 10.9 Å². The molecule has 3 rings (SSSR count). The average molecular weight is 407 g/mol. The topological polar surface area (TPSA) is 122 Å². The fourth-order valence-electron chi connectivity index (χ4n) is 2.87. The Morgan fingerprint density at radius 3 is 2.47 bits per heavy atom. The maximum atomic E-state index is 12.7. The van der Waals surface area contributed by atoms with Gasteiger partial charge in [0.1, 0.15) is 6.54 Å². The Hall–Kier alpha value is -4.01. The van der Waals surface area contributed by atoms with Gasteiger partial charge in [0.25, 0.3) is 5.56 Å². The number of rotatable bonds is 6. The molecule has 0 radical (unpaired) electrons. The first-order valence-electron chi connectivity index (χ1n) is 9.32. The van der Waals surface area contributed by atoms with Crippen molar-refractivity contribution >= 4 is 40.0 Å². The Bertz CT molecular complexity index is 1190. The number of benzene rings is 2. The lowest BCUT2D eigenvalue weighted by molar-refractivity contribution is -0.121. The van der Waals surface area contributed by atoms with Crippen LogP contribution in [0.4, 0.5) is 16.2 Å². The number of amides is 3. The summed E-state index contributed by atoms with van der Waals surface area (Å²) in [5, 5.41) is 8.20. The zero-order valence-electron chi connectivity index (χ0n) is 16.6. The van der Waals surface area contributed by atoms with Crippen LogP contribution < -0.4 is 21.5 Å². The number of hydrogen-bond acceptors (Lipinski definition) is 5. The Morgan fingerprint density at radius 2 is 1.77 bits per heavy atom. The summed E-state index contributed by atoms with van der Waals surface area (Å²) in [6.07, 6.45) is 1.32. The number of fused-ring (bicyclic) bond motifs is 1. The smallest absolute Gasteiger partial charge is 0.323 e. The van der Waals surface area contributed by atoms with Crippen molar-refractivity contribution in [1.82, 2.24) is 14.9 Å². The Labute approximate surface area is 172 Å². The summed E-state index contributed by atoms with van der Waals surface area (Å²) in [6, 6.07) is 10.8. The summed E-state index contributed by atoms with van der Waals surface area (Å²) in [4.78, 5) is 52.4. The first kappa shape index (κ1) is 20.7. The molecule has 3 amide bonds. The number of ketones is 1. The van der Waals surface area contributed by atoms with Crippen molar-refractivity contribution in [3.63, 3.8) is 0 Å². The van der Waals surface area contributed by atoms with Crippen molar-refractivity contribution in [2.24, 2.45) is 0 Å². The van der Waals surface area contributed by atoms with Gasteiger partial charge >= 0.3 is 6.03 Å². The minimum atomic E-state index is -0.526. The molecule has 0 fully saturated rings. The number of likely N-dealkylation sites (N-methyl/N-ethyl adjacent to an activating group) is 1. The molecule has 0 saturated heterocycles. The zero-order chi connectivity index (χ0) is 21.7. The summed E-state index contributed by atoms with van der Waals surface area (Å²) in [5.74, 6) is -0.396. The van der Waals surface area contributed by atoms with Gasteiger partial charge in [0, 0.05) is 23.5 Å². The molecule has 0 spiro atoms. The first-order chi connectivity index (χ1) is 14.4. The molecule has 0 saturated carbocycles. The van der Waals surface area contributed by atoms with Gasteiger partial charge in [-0.1, -0.05) is 12.1 Å². The van der Waals surface area contributed by atoms with Crippen LogP contribution in [-0.4, -0.2) is 33.8 Å². The maximum Gasteiger partial charge on any atom is 0.323 e. The predicted molar refractivity (Wildman–Crippen MR) is 114 cm³/mol. The van der Waals surface area contributed by atoms with E-state index in [0.717, 1.165) is 0 Å². The van der Waals surface area contributed by atoms with Crippen molar-refractivity contribution in [3.05, 3.63) is 64.7 Å². The van der Waals surface area contributed by atoms with Crippen LogP contribution in [0, 0.1) is 0 Å². The van der Waals surface area contributed by atoms with E-state index in [1.807, 2.05) is 0 Å². The summed E-state index contributed by atoms with van der Waals surface area (Å²) in [7, 11) is 0. The molecule has 3 aromatic rings. The molecule has 0 unspecified atom stereocenters. The number of carbonyl (C=O) groups excluding carboxylic acids is 3. The zero-order valence-corrected chi connectivity index (χ0v) is 16.6. The van der Waals surface area contributed by atoms with Gasteiger partial charge in [0.05, 0.1) is 17.2 Å². The molecule has 9 heteroatoms. The van der Waals surface area contributed by atoms with E-state index in [1.54, 1.807) is 43.3 Å². The molecule has 1 aromatic heterocycles. The van der Waals surface area contributed by atoms with Crippen molar-refractivity contribution in [3.8, 4) is 0 Å². The molecule has 1 heterocycles. The third-order valence-electron chi connectivity index (χ3n) is 4.30. The van der Waals surface area contributed by atoms with Crippen LogP contribution in [0.3, 0.4) is 0 Å². The number of nitrogens with one attached hydrogen (secondary N) is 3. The van der Waals surface area contributed by atoms with E-state index >= 15 is 0 Å². The van der Waals surface area contributed by atoms with E-state index < -0.39 is 6.03 Å². The van der Waals surface area contributed by atoms with Gasteiger partial charge < -0.3 is 16.0 Å². The largest absolute Gasteiger partial charge is 0.355 e. The van der Waals surface area contributed by atoms with Crippen LogP contribution in [0.15, 0.2) is 53.6 Å². The number of hydrogen-bond donors (Lipinski definition) is 3. The number of urea groups is 1. The van der Waals surface area contributed by atoms with Crippen LogP contribution in [0.5, 0.6) is 0 Å². The molecule has 2 aromatic carbocycles. The van der Waals surface area contributed by atoms with Crippen LogP contribution in [0.1, 0.15) is 24.2 Å². The van der Waals surface area contributed by atoms with Crippen molar-refractivity contribution in [2.75, 3.05) is 17.2 Å². The van der Waals surface area contributed by atoms with E-state index in [2.05, 4.69) is 20.9 Å². The lowest BCUT2D eigenvalue weighted by Crippen LogP contribution is -2.32. The summed E-state index contributed by atoms with van der Waals surface area (Å²) in [5.41, 5.74) is 1.40. The molecular weight excluding hydrogens is 386 g/mol.